The molecule has 0 heterocycles. The summed E-state index contributed by atoms with van der Waals surface area (Å²) >= 11 is 0. The lowest BCUT2D eigenvalue weighted by molar-refractivity contribution is -0.385. The average molecular weight is 358 g/mol. The standard InChI is InChI=1S/C18H22N4O4/c1-13(15-3-7-17(8-4-15)21(23)24)19-11-12-20-14(2)16-5-9-18(10-6-16)22(25)26/h3-10,13-14,19-20H,11-12H2,1-2H3. The van der Waals surface area contributed by atoms with E-state index < -0.39 is 9.85 Å². The van der Waals surface area contributed by atoms with Crippen molar-refractivity contribution in [3.63, 3.8) is 0 Å². The van der Waals surface area contributed by atoms with Crippen molar-refractivity contribution in [1.29, 1.82) is 0 Å². The van der Waals surface area contributed by atoms with E-state index in [9.17, 15) is 20.2 Å². The molecule has 0 aliphatic heterocycles. The Bertz CT molecular complexity index is 681. The molecule has 26 heavy (non-hydrogen) atoms. The van der Waals surface area contributed by atoms with Gasteiger partial charge in [-0.25, -0.2) is 0 Å². The summed E-state index contributed by atoms with van der Waals surface area (Å²) < 4.78 is 0. The highest BCUT2D eigenvalue weighted by Crippen LogP contribution is 2.18. The Morgan fingerprint density at radius 3 is 1.31 bits per heavy atom. The Morgan fingerprint density at radius 1 is 0.731 bits per heavy atom. The average Bonchev–Trinajstić information content (AvgIpc) is 2.65. The smallest absolute Gasteiger partial charge is 0.269 e. The minimum absolute atomic E-state index is 0.0762. The quantitative estimate of drug-likeness (QED) is 0.403. The molecule has 8 nitrogen and oxygen atoms in total. The molecule has 8 heteroatoms. The van der Waals surface area contributed by atoms with E-state index >= 15 is 0 Å². The monoisotopic (exact) mass is 358 g/mol. The fourth-order valence-electron chi connectivity index (χ4n) is 2.58. The molecule has 0 bridgehead atoms. The van der Waals surface area contributed by atoms with Gasteiger partial charge in [0.2, 0.25) is 0 Å². The number of nitro groups is 2. The number of non-ortho nitro benzene ring substituents is 2. The third-order valence-corrected chi connectivity index (χ3v) is 4.23. The van der Waals surface area contributed by atoms with E-state index in [1.807, 2.05) is 13.8 Å². The zero-order chi connectivity index (χ0) is 19.1. The van der Waals surface area contributed by atoms with Gasteiger partial charge in [-0.05, 0) is 25.0 Å². The molecule has 2 N–H and O–H groups in total. The third-order valence-electron chi connectivity index (χ3n) is 4.23. The van der Waals surface area contributed by atoms with E-state index in [0.29, 0.717) is 0 Å². The van der Waals surface area contributed by atoms with Crippen molar-refractivity contribution in [3.8, 4) is 0 Å². The van der Waals surface area contributed by atoms with Gasteiger partial charge in [0.05, 0.1) is 9.85 Å². The summed E-state index contributed by atoms with van der Waals surface area (Å²) in [5.74, 6) is 0. The third kappa shape index (κ3) is 5.33. The molecule has 2 unspecified atom stereocenters. The number of benzene rings is 2. The van der Waals surface area contributed by atoms with Gasteiger partial charge in [0.25, 0.3) is 11.4 Å². The molecule has 2 rings (SSSR count). The fourth-order valence-corrected chi connectivity index (χ4v) is 2.58. The molecule has 2 aromatic carbocycles. The second-order valence-corrected chi connectivity index (χ2v) is 6.05. The van der Waals surface area contributed by atoms with Crippen molar-refractivity contribution in [2.45, 2.75) is 25.9 Å². The second-order valence-electron chi connectivity index (χ2n) is 6.05. The maximum Gasteiger partial charge on any atom is 0.269 e. The lowest BCUT2D eigenvalue weighted by Gasteiger charge is -2.17. The van der Waals surface area contributed by atoms with Crippen LogP contribution in [-0.2, 0) is 0 Å². The lowest BCUT2D eigenvalue weighted by Crippen LogP contribution is -2.30. The van der Waals surface area contributed by atoms with Crippen LogP contribution in [0.15, 0.2) is 48.5 Å². The molecule has 2 atom stereocenters. The largest absolute Gasteiger partial charge is 0.309 e. The van der Waals surface area contributed by atoms with Crippen LogP contribution in [0.1, 0.15) is 37.1 Å². The summed E-state index contributed by atoms with van der Waals surface area (Å²) in [6.45, 7) is 5.44. The van der Waals surface area contributed by atoms with Crippen molar-refractivity contribution in [2.75, 3.05) is 13.1 Å². The minimum atomic E-state index is -0.411. The summed E-state index contributed by atoms with van der Waals surface area (Å²) in [6.07, 6.45) is 0. The van der Waals surface area contributed by atoms with Crippen LogP contribution in [-0.4, -0.2) is 22.9 Å². The van der Waals surface area contributed by atoms with Crippen molar-refractivity contribution in [2.24, 2.45) is 0 Å². The predicted molar refractivity (Wildman–Crippen MR) is 99.0 cm³/mol. The number of nitrogens with zero attached hydrogens (tertiary/aromatic N) is 2. The van der Waals surface area contributed by atoms with Crippen molar-refractivity contribution >= 4 is 11.4 Å². The highest BCUT2D eigenvalue weighted by atomic mass is 16.6. The van der Waals surface area contributed by atoms with Gasteiger partial charge in [0.15, 0.2) is 0 Å². The van der Waals surface area contributed by atoms with Crippen LogP contribution in [0.2, 0.25) is 0 Å². The summed E-state index contributed by atoms with van der Waals surface area (Å²) in [7, 11) is 0. The number of hydrogen-bond acceptors (Lipinski definition) is 6. The Kier molecular flexibility index (Phi) is 6.76. The number of hydrogen-bond donors (Lipinski definition) is 2. The van der Waals surface area contributed by atoms with Crippen LogP contribution in [0.5, 0.6) is 0 Å². The van der Waals surface area contributed by atoms with Crippen LogP contribution in [0.25, 0.3) is 0 Å². The Morgan fingerprint density at radius 2 is 1.04 bits per heavy atom. The summed E-state index contributed by atoms with van der Waals surface area (Å²) in [4.78, 5) is 20.5. The van der Waals surface area contributed by atoms with E-state index in [2.05, 4.69) is 10.6 Å². The maximum atomic E-state index is 10.7. The highest BCUT2D eigenvalue weighted by molar-refractivity contribution is 5.34. The molecule has 0 amide bonds. The van der Waals surface area contributed by atoms with Crippen molar-refractivity contribution < 1.29 is 9.85 Å². The van der Waals surface area contributed by atoms with Gasteiger partial charge in [0.1, 0.15) is 0 Å². The molecule has 0 saturated heterocycles. The normalized spacial score (nSPS) is 13.2. The van der Waals surface area contributed by atoms with Gasteiger partial charge in [-0.1, -0.05) is 24.3 Å². The first-order valence-electron chi connectivity index (χ1n) is 8.34. The molecule has 0 aliphatic rings. The Balaban J connectivity index is 1.76. The maximum absolute atomic E-state index is 10.7. The van der Waals surface area contributed by atoms with Gasteiger partial charge in [-0.3, -0.25) is 20.2 Å². The number of nitrogens with one attached hydrogen (secondary N) is 2. The first-order chi connectivity index (χ1) is 12.4. The predicted octanol–water partition coefficient (Wildman–Crippen LogP) is 3.50. The van der Waals surface area contributed by atoms with Crippen LogP contribution < -0.4 is 10.6 Å². The summed E-state index contributed by atoms with van der Waals surface area (Å²) in [6, 6.07) is 13.2. The first-order valence-corrected chi connectivity index (χ1v) is 8.34. The van der Waals surface area contributed by atoms with E-state index in [0.717, 1.165) is 24.2 Å². The SMILES string of the molecule is CC(NCCNC(C)c1ccc([N+](=O)[O-])cc1)c1ccc([N+](=O)[O-])cc1. The molecule has 0 aliphatic carbocycles. The topological polar surface area (TPSA) is 110 Å². The van der Waals surface area contributed by atoms with Gasteiger partial charge in [-0.2, -0.15) is 0 Å². The molecule has 0 saturated carbocycles. The number of nitro benzene ring substituents is 2. The van der Waals surface area contributed by atoms with Crippen molar-refractivity contribution in [3.05, 3.63) is 79.9 Å². The van der Waals surface area contributed by atoms with Crippen LogP contribution in [0.3, 0.4) is 0 Å². The summed E-state index contributed by atoms with van der Waals surface area (Å²) in [5.41, 5.74) is 2.14. The van der Waals surface area contributed by atoms with E-state index in [1.165, 1.54) is 24.3 Å². The molecule has 2 aromatic rings. The second kappa shape index (κ2) is 9.02. The summed E-state index contributed by atoms with van der Waals surface area (Å²) in [5, 5.41) is 28.1. The zero-order valence-corrected chi connectivity index (χ0v) is 14.7. The molecular formula is C18H22N4O4. The first kappa shape index (κ1) is 19.5. The van der Waals surface area contributed by atoms with Crippen molar-refractivity contribution in [1.82, 2.24) is 10.6 Å². The molecule has 0 aromatic heterocycles. The van der Waals surface area contributed by atoms with Crippen LogP contribution in [0, 0.1) is 20.2 Å². The zero-order valence-electron chi connectivity index (χ0n) is 14.7. The fraction of sp³-hybridized carbons (Fsp3) is 0.333. The lowest BCUT2D eigenvalue weighted by atomic mass is 10.1. The van der Waals surface area contributed by atoms with Gasteiger partial charge in [0, 0.05) is 49.4 Å². The molecule has 138 valence electrons. The highest BCUT2D eigenvalue weighted by Gasteiger charge is 2.10. The van der Waals surface area contributed by atoms with Gasteiger partial charge < -0.3 is 10.6 Å². The molecule has 0 radical (unpaired) electrons. The van der Waals surface area contributed by atoms with Crippen LogP contribution in [0.4, 0.5) is 11.4 Å². The van der Waals surface area contributed by atoms with E-state index in [-0.39, 0.29) is 23.5 Å². The molecule has 0 spiro atoms. The van der Waals surface area contributed by atoms with Crippen LogP contribution >= 0.6 is 0 Å². The van der Waals surface area contributed by atoms with Gasteiger partial charge in [-0.15, -0.1) is 0 Å². The van der Waals surface area contributed by atoms with E-state index in [1.54, 1.807) is 24.3 Å². The van der Waals surface area contributed by atoms with Gasteiger partial charge >= 0.3 is 0 Å². The Hall–Kier alpha value is -2.84. The molecular weight excluding hydrogens is 336 g/mol. The number of rotatable bonds is 9. The van der Waals surface area contributed by atoms with E-state index in [4.69, 9.17) is 0 Å². The minimum Gasteiger partial charge on any atom is -0.309 e. The Labute approximate surface area is 151 Å². The molecule has 0 fully saturated rings.